The Kier molecular flexibility index (Phi) is 9.40. The summed E-state index contributed by atoms with van der Waals surface area (Å²) in [7, 11) is 1.15. The minimum Gasteiger partial charge on any atom is -0.504 e. The van der Waals surface area contributed by atoms with Crippen LogP contribution < -0.4 is 15.5 Å². The lowest BCUT2D eigenvalue weighted by Crippen LogP contribution is -2.63. The molecule has 0 radical (unpaired) electrons. The van der Waals surface area contributed by atoms with Gasteiger partial charge in [-0.05, 0) is 18.4 Å². The summed E-state index contributed by atoms with van der Waals surface area (Å²) < 4.78 is 21.5. The van der Waals surface area contributed by atoms with Gasteiger partial charge in [0.05, 0.1) is 7.11 Å². The number of esters is 1. The van der Waals surface area contributed by atoms with Gasteiger partial charge in [-0.2, -0.15) is 11.8 Å². The number of hydrogen-bond acceptors (Lipinski definition) is 13. The van der Waals surface area contributed by atoms with E-state index in [0.29, 0.717) is 11.3 Å². The van der Waals surface area contributed by atoms with E-state index >= 15 is 0 Å². The average Bonchev–Trinajstić information content (AvgIpc) is 2.97. The van der Waals surface area contributed by atoms with Crippen molar-refractivity contribution >= 4 is 34.6 Å². The predicted octanol–water partition coefficient (Wildman–Crippen LogP) is 0.468. The molecule has 0 saturated carbocycles. The van der Waals surface area contributed by atoms with E-state index in [1.54, 1.807) is 36.6 Å². The first kappa shape index (κ1) is 30.1. The zero-order chi connectivity index (χ0) is 29.8. The summed E-state index contributed by atoms with van der Waals surface area (Å²) >= 11 is 1.42. The molecule has 6 atom stereocenters. The molecule has 1 saturated heterocycles. The molecule has 2 aromatic carbocycles. The second-order valence-corrected chi connectivity index (χ2v) is 10.2. The summed E-state index contributed by atoms with van der Waals surface area (Å²) in [6.07, 6.45) is -7.48. The number of phenolic OH excluding ortho intramolecular Hbond substituents is 2. The van der Waals surface area contributed by atoms with E-state index in [-0.39, 0.29) is 23.2 Å². The predicted molar refractivity (Wildman–Crippen MR) is 146 cm³/mol. The normalized spacial score (nSPS) is 23.1. The van der Waals surface area contributed by atoms with Gasteiger partial charge in [-0.15, -0.1) is 0 Å². The van der Waals surface area contributed by atoms with Crippen molar-refractivity contribution in [1.29, 1.82) is 0 Å². The van der Waals surface area contributed by atoms with Crippen LogP contribution in [0.2, 0.25) is 0 Å². The maximum absolute atomic E-state index is 13.0. The Balaban J connectivity index is 1.63. The van der Waals surface area contributed by atoms with Crippen LogP contribution in [0.25, 0.3) is 22.3 Å². The number of carbonyl (C=O) groups excluding carboxylic acids is 2. The van der Waals surface area contributed by atoms with Crippen molar-refractivity contribution in [2.24, 2.45) is 0 Å². The van der Waals surface area contributed by atoms with E-state index in [1.807, 2.05) is 0 Å². The van der Waals surface area contributed by atoms with E-state index in [1.165, 1.54) is 11.8 Å². The highest BCUT2D eigenvalue weighted by atomic mass is 32.2. The summed E-state index contributed by atoms with van der Waals surface area (Å²) in [6.45, 7) is 0. The van der Waals surface area contributed by atoms with Crippen LogP contribution in [0, 0.1) is 0 Å². The Morgan fingerprint density at radius 1 is 1.05 bits per heavy atom. The number of aliphatic hydroxyl groups excluding tert-OH is 3. The highest BCUT2D eigenvalue weighted by Crippen LogP contribution is 2.42. The van der Waals surface area contributed by atoms with Crippen molar-refractivity contribution < 1.29 is 53.7 Å². The monoisotopic (exact) mass is 591 g/mol. The summed E-state index contributed by atoms with van der Waals surface area (Å²) in [5, 5.41) is 54.6. The van der Waals surface area contributed by atoms with E-state index in [9.17, 15) is 39.9 Å². The standard InChI is InChI=1S/C27H29NO12S/c1-37-26(36)13(8-9-41-2)28-25(35)24-22(33)21(32)23(34)27(40-24)39-17-11-16-18(20(31)19(17)30)14(29)10-15(38-16)12-6-4-3-5-7-12/h3-7,10-11,13,21-24,27,30-34H,8-9H2,1-2H3,(H,28,35)/t13-,21-,22-,23+,24+,27+/m0/s1. The summed E-state index contributed by atoms with van der Waals surface area (Å²) in [5.41, 5.74) is -0.284. The molecule has 14 heteroatoms. The van der Waals surface area contributed by atoms with Crippen molar-refractivity contribution in [2.45, 2.75) is 43.2 Å². The molecule has 1 fully saturated rings. The van der Waals surface area contributed by atoms with Gasteiger partial charge in [0, 0.05) is 17.7 Å². The minimum absolute atomic E-state index is 0.157. The van der Waals surface area contributed by atoms with Gasteiger partial charge in [-0.1, -0.05) is 30.3 Å². The SMILES string of the molecule is COC(=O)[C@H](CCSC)NC(=O)[C@@H]1O[C@@H](Oc2cc3oc(-c4ccccc4)cc(=O)c3c(O)c2O)[C@H](O)[C@@H](O)[C@@H]1O. The third-order valence-electron chi connectivity index (χ3n) is 6.47. The number of rotatable bonds is 9. The lowest BCUT2D eigenvalue weighted by Gasteiger charge is -2.39. The van der Waals surface area contributed by atoms with Crippen LogP contribution in [0.1, 0.15) is 6.42 Å². The fourth-order valence-corrected chi connectivity index (χ4v) is 4.74. The molecule has 0 unspecified atom stereocenters. The Morgan fingerprint density at radius 2 is 1.76 bits per heavy atom. The number of nitrogens with one attached hydrogen (secondary N) is 1. The number of fused-ring (bicyclic) bond motifs is 1. The Labute approximate surface area is 237 Å². The maximum atomic E-state index is 13.0. The fraction of sp³-hybridized carbons (Fsp3) is 0.370. The zero-order valence-electron chi connectivity index (χ0n) is 21.9. The van der Waals surface area contributed by atoms with Gasteiger partial charge < -0.3 is 49.5 Å². The molecule has 1 aliphatic heterocycles. The molecule has 3 aromatic rings. The molecule has 2 heterocycles. The highest BCUT2D eigenvalue weighted by Gasteiger charge is 2.48. The Hall–Kier alpha value is -3.82. The van der Waals surface area contributed by atoms with Gasteiger partial charge in [0.2, 0.25) is 12.0 Å². The number of carbonyl (C=O) groups is 2. The van der Waals surface area contributed by atoms with Gasteiger partial charge in [0.1, 0.15) is 41.1 Å². The first-order valence-electron chi connectivity index (χ1n) is 12.4. The van der Waals surface area contributed by atoms with Crippen LogP contribution in [0.3, 0.4) is 0 Å². The van der Waals surface area contributed by atoms with Crippen LogP contribution in [0.5, 0.6) is 17.2 Å². The Bertz CT molecular complexity index is 1460. The first-order chi connectivity index (χ1) is 19.6. The topological polar surface area (TPSA) is 205 Å². The van der Waals surface area contributed by atoms with E-state index in [2.05, 4.69) is 5.32 Å². The van der Waals surface area contributed by atoms with Gasteiger partial charge in [-0.3, -0.25) is 9.59 Å². The number of aromatic hydroxyl groups is 2. The molecule has 1 aromatic heterocycles. The van der Waals surface area contributed by atoms with Crippen molar-refractivity contribution in [3.63, 3.8) is 0 Å². The number of ether oxygens (including phenoxy) is 3. The maximum Gasteiger partial charge on any atom is 0.328 e. The fourth-order valence-electron chi connectivity index (χ4n) is 4.27. The summed E-state index contributed by atoms with van der Waals surface area (Å²) in [5.74, 6) is -3.39. The van der Waals surface area contributed by atoms with Crippen LogP contribution in [-0.2, 0) is 19.1 Å². The smallest absolute Gasteiger partial charge is 0.328 e. The molecule has 4 rings (SSSR count). The third kappa shape index (κ3) is 6.26. The second-order valence-electron chi connectivity index (χ2n) is 9.17. The lowest BCUT2D eigenvalue weighted by atomic mass is 9.98. The van der Waals surface area contributed by atoms with Gasteiger partial charge in [-0.25, -0.2) is 4.79 Å². The van der Waals surface area contributed by atoms with Gasteiger partial charge in [0.25, 0.3) is 5.91 Å². The van der Waals surface area contributed by atoms with Crippen LogP contribution in [0.4, 0.5) is 0 Å². The number of phenols is 2. The molecule has 220 valence electrons. The largest absolute Gasteiger partial charge is 0.504 e. The second kappa shape index (κ2) is 12.8. The van der Waals surface area contributed by atoms with Crippen LogP contribution in [0.15, 0.2) is 51.7 Å². The van der Waals surface area contributed by atoms with Crippen molar-refractivity contribution in [1.82, 2.24) is 5.32 Å². The van der Waals surface area contributed by atoms with Crippen molar-refractivity contribution in [2.75, 3.05) is 19.1 Å². The number of thioether (sulfide) groups is 1. The summed E-state index contributed by atoms with van der Waals surface area (Å²) in [4.78, 5) is 37.8. The van der Waals surface area contributed by atoms with Crippen LogP contribution >= 0.6 is 11.8 Å². The van der Waals surface area contributed by atoms with Gasteiger partial charge in [0.15, 0.2) is 23.0 Å². The zero-order valence-corrected chi connectivity index (χ0v) is 22.7. The number of aliphatic hydroxyl groups is 3. The lowest BCUT2D eigenvalue weighted by molar-refractivity contribution is -0.267. The van der Waals surface area contributed by atoms with Crippen molar-refractivity contribution in [3.8, 4) is 28.6 Å². The molecular weight excluding hydrogens is 562 g/mol. The number of hydrogen-bond donors (Lipinski definition) is 6. The molecule has 1 amide bonds. The highest BCUT2D eigenvalue weighted by molar-refractivity contribution is 7.98. The first-order valence-corrected chi connectivity index (χ1v) is 13.8. The quantitative estimate of drug-likeness (QED) is 0.148. The van der Waals surface area contributed by atoms with Crippen molar-refractivity contribution in [3.05, 3.63) is 52.7 Å². The third-order valence-corrected chi connectivity index (χ3v) is 7.12. The molecule has 6 N–H and O–H groups in total. The molecular formula is C27H29NO12S. The Morgan fingerprint density at radius 3 is 2.41 bits per heavy atom. The van der Waals surface area contributed by atoms with E-state index < -0.39 is 71.3 Å². The van der Waals surface area contributed by atoms with Crippen LogP contribution in [-0.4, -0.2) is 93.3 Å². The molecule has 0 spiro atoms. The molecule has 13 nitrogen and oxygen atoms in total. The molecule has 1 aliphatic rings. The number of amides is 1. The summed E-state index contributed by atoms with van der Waals surface area (Å²) in [6, 6.07) is 9.74. The average molecular weight is 592 g/mol. The molecule has 41 heavy (non-hydrogen) atoms. The number of methoxy groups -OCH3 is 1. The molecule has 0 bridgehead atoms. The van der Waals surface area contributed by atoms with Gasteiger partial charge >= 0.3 is 5.97 Å². The minimum atomic E-state index is -1.95. The van der Waals surface area contributed by atoms with E-state index in [0.717, 1.165) is 19.2 Å². The number of benzene rings is 2. The molecule has 0 aliphatic carbocycles. The van der Waals surface area contributed by atoms with E-state index in [4.69, 9.17) is 18.6 Å².